The highest BCUT2D eigenvalue weighted by Crippen LogP contribution is 2.32. The van der Waals surface area contributed by atoms with Crippen LogP contribution in [-0.4, -0.2) is 5.91 Å². The predicted molar refractivity (Wildman–Crippen MR) is 82.7 cm³/mol. The lowest BCUT2D eigenvalue weighted by molar-refractivity contribution is 0.102. The number of halogens is 3. The van der Waals surface area contributed by atoms with Gasteiger partial charge in [-0.1, -0.05) is 11.6 Å². The van der Waals surface area contributed by atoms with Crippen LogP contribution in [0, 0.1) is 12.7 Å². The first-order valence-electron chi connectivity index (χ1n) is 5.70. The topological polar surface area (TPSA) is 55.1 Å². The van der Waals surface area contributed by atoms with Crippen LogP contribution in [0.2, 0.25) is 5.02 Å². The molecule has 0 aromatic heterocycles. The number of aryl methyl sites for hydroxylation is 1. The number of amides is 1. The Hall–Kier alpha value is -1.59. The van der Waals surface area contributed by atoms with Crippen molar-refractivity contribution in [1.82, 2.24) is 0 Å². The maximum atomic E-state index is 13.1. The van der Waals surface area contributed by atoms with Crippen LogP contribution < -0.4 is 11.1 Å². The first-order chi connectivity index (χ1) is 9.38. The van der Waals surface area contributed by atoms with Crippen molar-refractivity contribution in [3.05, 3.63) is 56.8 Å². The molecule has 0 aliphatic carbocycles. The van der Waals surface area contributed by atoms with Crippen LogP contribution in [-0.2, 0) is 0 Å². The van der Waals surface area contributed by atoms with E-state index in [0.29, 0.717) is 21.4 Å². The average molecular weight is 358 g/mol. The molecule has 0 bridgehead atoms. The van der Waals surface area contributed by atoms with Gasteiger partial charge in [0.2, 0.25) is 0 Å². The Labute approximate surface area is 129 Å². The van der Waals surface area contributed by atoms with Crippen LogP contribution >= 0.6 is 27.5 Å². The van der Waals surface area contributed by atoms with Gasteiger partial charge in [0.1, 0.15) is 5.82 Å². The molecule has 2 aromatic carbocycles. The van der Waals surface area contributed by atoms with Crippen LogP contribution in [0.1, 0.15) is 15.9 Å². The lowest BCUT2D eigenvalue weighted by Crippen LogP contribution is -2.14. The Kier molecular flexibility index (Phi) is 4.30. The van der Waals surface area contributed by atoms with Crippen molar-refractivity contribution in [1.29, 1.82) is 0 Å². The molecule has 0 saturated carbocycles. The number of nitrogen functional groups attached to an aromatic ring is 1. The Morgan fingerprint density at radius 2 is 2.05 bits per heavy atom. The molecular formula is C14H11BrClFN2O. The molecule has 0 fully saturated rings. The standard InChI is InChI=1S/C14H11BrClFN2O/c1-7-4-9(18)2-3-10(7)14(20)19-13-11(15)5-8(17)6-12(13)16/h2-6H,18H2,1H3,(H,19,20). The van der Waals surface area contributed by atoms with E-state index in [1.165, 1.54) is 6.07 Å². The Balaban J connectivity index is 2.33. The van der Waals surface area contributed by atoms with Gasteiger partial charge in [0.25, 0.3) is 5.91 Å². The Morgan fingerprint density at radius 1 is 1.35 bits per heavy atom. The lowest BCUT2D eigenvalue weighted by atomic mass is 10.1. The third-order valence-electron chi connectivity index (χ3n) is 2.74. The number of hydrogen-bond donors (Lipinski definition) is 2. The first kappa shape index (κ1) is 14.8. The van der Waals surface area contributed by atoms with Crippen molar-refractivity contribution in [3.63, 3.8) is 0 Å². The summed E-state index contributed by atoms with van der Waals surface area (Å²) in [5.41, 5.74) is 7.78. The third-order valence-corrected chi connectivity index (χ3v) is 3.66. The van der Waals surface area contributed by atoms with Crippen molar-refractivity contribution in [2.24, 2.45) is 0 Å². The van der Waals surface area contributed by atoms with Crippen molar-refractivity contribution >= 4 is 44.8 Å². The molecule has 0 heterocycles. The highest BCUT2D eigenvalue weighted by Gasteiger charge is 2.14. The van der Waals surface area contributed by atoms with E-state index in [4.69, 9.17) is 17.3 Å². The summed E-state index contributed by atoms with van der Waals surface area (Å²) in [6, 6.07) is 7.35. The van der Waals surface area contributed by atoms with Gasteiger partial charge in [-0.15, -0.1) is 0 Å². The number of anilines is 2. The molecule has 0 spiro atoms. The van der Waals surface area contributed by atoms with Gasteiger partial charge >= 0.3 is 0 Å². The van der Waals surface area contributed by atoms with Crippen molar-refractivity contribution in [2.75, 3.05) is 11.1 Å². The fourth-order valence-corrected chi connectivity index (χ4v) is 2.68. The number of benzene rings is 2. The summed E-state index contributed by atoms with van der Waals surface area (Å²) in [5.74, 6) is -0.819. The quantitative estimate of drug-likeness (QED) is 0.783. The lowest BCUT2D eigenvalue weighted by Gasteiger charge is -2.11. The normalized spacial score (nSPS) is 10.4. The van der Waals surface area contributed by atoms with Crippen molar-refractivity contribution < 1.29 is 9.18 Å². The minimum absolute atomic E-state index is 0.123. The summed E-state index contributed by atoms with van der Waals surface area (Å²) in [6.07, 6.45) is 0. The molecule has 104 valence electrons. The fourth-order valence-electron chi connectivity index (χ4n) is 1.78. The summed E-state index contributed by atoms with van der Waals surface area (Å²) in [7, 11) is 0. The highest BCUT2D eigenvalue weighted by atomic mass is 79.9. The summed E-state index contributed by atoms with van der Waals surface area (Å²) in [6.45, 7) is 1.78. The van der Waals surface area contributed by atoms with Crippen LogP contribution in [0.3, 0.4) is 0 Å². The summed E-state index contributed by atoms with van der Waals surface area (Å²) in [4.78, 5) is 12.2. The number of carbonyl (C=O) groups excluding carboxylic acids is 1. The minimum atomic E-state index is -0.483. The SMILES string of the molecule is Cc1cc(N)ccc1C(=O)Nc1c(Cl)cc(F)cc1Br. The van der Waals surface area contributed by atoms with E-state index >= 15 is 0 Å². The second kappa shape index (κ2) is 5.81. The number of carbonyl (C=O) groups is 1. The molecular weight excluding hydrogens is 347 g/mol. The van der Waals surface area contributed by atoms with Gasteiger partial charge in [-0.2, -0.15) is 0 Å². The van der Waals surface area contributed by atoms with Crippen LogP contribution in [0.25, 0.3) is 0 Å². The molecule has 0 aliphatic rings. The predicted octanol–water partition coefficient (Wildman–Crippen LogP) is 4.38. The second-order valence-electron chi connectivity index (χ2n) is 4.27. The number of nitrogens with one attached hydrogen (secondary N) is 1. The molecule has 1 amide bonds. The zero-order chi connectivity index (χ0) is 14.9. The maximum absolute atomic E-state index is 13.1. The number of hydrogen-bond acceptors (Lipinski definition) is 2. The molecule has 2 rings (SSSR count). The van der Waals surface area contributed by atoms with Crippen LogP contribution in [0.15, 0.2) is 34.8 Å². The van der Waals surface area contributed by atoms with Crippen molar-refractivity contribution in [3.8, 4) is 0 Å². The third kappa shape index (κ3) is 3.11. The summed E-state index contributed by atoms with van der Waals surface area (Å²) in [5, 5.41) is 2.78. The van der Waals surface area contributed by atoms with Gasteiger partial charge in [-0.05, 0) is 58.7 Å². The number of nitrogens with two attached hydrogens (primary N) is 1. The average Bonchev–Trinajstić information content (AvgIpc) is 2.33. The van der Waals surface area contributed by atoms with Gasteiger partial charge in [0.15, 0.2) is 0 Å². The summed E-state index contributed by atoms with van der Waals surface area (Å²) >= 11 is 9.10. The summed E-state index contributed by atoms with van der Waals surface area (Å²) < 4.78 is 13.5. The van der Waals surface area contributed by atoms with Gasteiger partial charge < -0.3 is 11.1 Å². The van der Waals surface area contributed by atoms with Crippen LogP contribution in [0.5, 0.6) is 0 Å². The first-order valence-corrected chi connectivity index (χ1v) is 6.87. The van der Waals surface area contributed by atoms with Gasteiger partial charge in [-0.25, -0.2) is 4.39 Å². The zero-order valence-electron chi connectivity index (χ0n) is 10.5. The fraction of sp³-hybridized carbons (Fsp3) is 0.0714. The van der Waals surface area contributed by atoms with E-state index in [1.807, 2.05) is 0 Å². The van der Waals surface area contributed by atoms with Crippen LogP contribution in [0.4, 0.5) is 15.8 Å². The monoisotopic (exact) mass is 356 g/mol. The van der Waals surface area contributed by atoms with Gasteiger partial charge in [0, 0.05) is 15.7 Å². The van der Waals surface area contributed by atoms with E-state index in [1.54, 1.807) is 25.1 Å². The van der Waals surface area contributed by atoms with E-state index in [0.717, 1.165) is 11.6 Å². The molecule has 3 nitrogen and oxygen atoms in total. The number of rotatable bonds is 2. The van der Waals surface area contributed by atoms with Gasteiger partial charge in [0.05, 0.1) is 10.7 Å². The second-order valence-corrected chi connectivity index (χ2v) is 5.53. The smallest absolute Gasteiger partial charge is 0.256 e. The van der Waals surface area contributed by atoms with E-state index < -0.39 is 5.82 Å². The highest BCUT2D eigenvalue weighted by molar-refractivity contribution is 9.10. The molecule has 0 unspecified atom stereocenters. The molecule has 0 atom stereocenters. The molecule has 0 radical (unpaired) electrons. The molecule has 0 saturated heterocycles. The molecule has 0 aliphatic heterocycles. The zero-order valence-corrected chi connectivity index (χ0v) is 12.8. The molecule has 6 heteroatoms. The Morgan fingerprint density at radius 3 is 2.65 bits per heavy atom. The molecule has 3 N–H and O–H groups in total. The molecule has 2 aromatic rings. The minimum Gasteiger partial charge on any atom is -0.399 e. The van der Waals surface area contributed by atoms with E-state index in [9.17, 15) is 9.18 Å². The van der Waals surface area contributed by atoms with Gasteiger partial charge in [-0.3, -0.25) is 4.79 Å². The van der Waals surface area contributed by atoms with Crippen molar-refractivity contribution in [2.45, 2.75) is 6.92 Å². The molecule has 20 heavy (non-hydrogen) atoms. The Bertz CT molecular complexity index is 668. The van der Waals surface area contributed by atoms with E-state index in [2.05, 4.69) is 21.2 Å². The maximum Gasteiger partial charge on any atom is 0.256 e. The van der Waals surface area contributed by atoms with E-state index in [-0.39, 0.29) is 10.9 Å². The largest absolute Gasteiger partial charge is 0.399 e.